The van der Waals surface area contributed by atoms with Crippen molar-refractivity contribution in [2.24, 2.45) is 0 Å². The van der Waals surface area contributed by atoms with Gasteiger partial charge in [-0.15, -0.1) is 0 Å². The van der Waals surface area contributed by atoms with Gasteiger partial charge in [0, 0.05) is 19.3 Å². The minimum absolute atomic E-state index is 0.170. The maximum Gasteiger partial charge on any atom is 0.125 e. The highest BCUT2D eigenvalue weighted by molar-refractivity contribution is 5.36. The molecule has 1 saturated heterocycles. The quantitative estimate of drug-likeness (QED) is 0.887. The molecular formula is C15H24N2O. The molecule has 1 unspecified atom stereocenters. The summed E-state index contributed by atoms with van der Waals surface area (Å²) >= 11 is 0. The molecule has 0 radical (unpaired) electrons. The van der Waals surface area contributed by atoms with Crippen molar-refractivity contribution in [3.63, 3.8) is 0 Å². The molecule has 0 aliphatic carbocycles. The molecule has 1 aliphatic heterocycles. The van der Waals surface area contributed by atoms with Crippen LogP contribution in [0.5, 0.6) is 0 Å². The summed E-state index contributed by atoms with van der Waals surface area (Å²) in [5.74, 6) is 0.959. The second-order valence-electron chi connectivity index (χ2n) is 6.03. The predicted octanol–water partition coefficient (Wildman–Crippen LogP) is 3.36. The molecule has 1 aliphatic rings. The summed E-state index contributed by atoms with van der Waals surface area (Å²) in [6.45, 7) is 8.48. The summed E-state index contributed by atoms with van der Waals surface area (Å²) in [5, 5.41) is 3.36. The fourth-order valence-corrected chi connectivity index (χ4v) is 2.18. The van der Waals surface area contributed by atoms with Gasteiger partial charge in [-0.05, 0) is 36.3 Å². The van der Waals surface area contributed by atoms with Gasteiger partial charge < -0.3 is 10.1 Å². The monoisotopic (exact) mass is 248 g/mol. The topological polar surface area (TPSA) is 34.1 Å². The lowest BCUT2D eigenvalue weighted by Gasteiger charge is -2.18. The number of aromatic nitrogens is 1. The van der Waals surface area contributed by atoms with Crippen LogP contribution < -0.4 is 5.32 Å². The fourth-order valence-electron chi connectivity index (χ4n) is 2.18. The first-order chi connectivity index (χ1) is 8.55. The Bertz CT molecular complexity index is 361. The van der Waals surface area contributed by atoms with Crippen LogP contribution >= 0.6 is 0 Å². The normalized spacial score (nSPS) is 20.1. The SMILES string of the molecule is CC(C)(C)c1ccc(NCCC2CCCO2)nc1. The molecule has 1 atom stereocenters. The van der Waals surface area contributed by atoms with Gasteiger partial charge >= 0.3 is 0 Å². The Morgan fingerprint density at radius 2 is 2.22 bits per heavy atom. The lowest BCUT2D eigenvalue weighted by molar-refractivity contribution is 0.107. The molecule has 2 rings (SSSR count). The third-order valence-corrected chi connectivity index (χ3v) is 3.43. The van der Waals surface area contributed by atoms with Crippen molar-refractivity contribution in [3.05, 3.63) is 23.9 Å². The number of ether oxygens (including phenoxy) is 1. The van der Waals surface area contributed by atoms with Crippen molar-refractivity contribution in [2.45, 2.75) is 51.6 Å². The number of hydrogen-bond donors (Lipinski definition) is 1. The van der Waals surface area contributed by atoms with E-state index in [1.807, 2.05) is 6.20 Å². The van der Waals surface area contributed by atoms with Crippen molar-refractivity contribution >= 4 is 5.82 Å². The Morgan fingerprint density at radius 3 is 2.78 bits per heavy atom. The van der Waals surface area contributed by atoms with Crippen LogP contribution in [-0.4, -0.2) is 24.2 Å². The van der Waals surface area contributed by atoms with Gasteiger partial charge in [0.1, 0.15) is 5.82 Å². The Balaban J connectivity index is 1.79. The van der Waals surface area contributed by atoms with Crippen LogP contribution in [0.1, 0.15) is 45.6 Å². The zero-order valence-corrected chi connectivity index (χ0v) is 11.7. The first kappa shape index (κ1) is 13.3. The number of nitrogens with zero attached hydrogens (tertiary/aromatic N) is 1. The highest BCUT2D eigenvalue weighted by atomic mass is 16.5. The second kappa shape index (κ2) is 5.70. The van der Waals surface area contributed by atoms with Gasteiger partial charge in [0.25, 0.3) is 0 Å². The van der Waals surface area contributed by atoms with Gasteiger partial charge in [0.2, 0.25) is 0 Å². The Labute approximate surface area is 110 Å². The predicted molar refractivity (Wildman–Crippen MR) is 75.0 cm³/mol. The van der Waals surface area contributed by atoms with Gasteiger partial charge in [0.15, 0.2) is 0 Å². The molecule has 1 aromatic rings. The van der Waals surface area contributed by atoms with Crippen molar-refractivity contribution in [1.82, 2.24) is 4.98 Å². The van der Waals surface area contributed by atoms with Gasteiger partial charge in [0.05, 0.1) is 6.10 Å². The maximum atomic E-state index is 5.59. The number of rotatable bonds is 4. The highest BCUT2D eigenvalue weighted by Gasteiger charge is 2.15. The average Bonchev–Trinajstić information content (AvgIpc) is 2.82. The molecule has 3 nitrogen and oxygen atoms in total. The smallest absolute Gasteiger partial charge is 0.125 e. The lowest BCUT2D eigenvalue weighted by atomic mass is 9.88. The maximum absolute atomic E-state index is 5.59. The van der Waals surface area contributed by atoms with Crippen LogP contribution in [0.2, 0.25) is 0 Å². The summed E-state index contributed by atoms with van der Waals surface area (Å²) in [4.78, 5) is 4.46. The van der Waals surface area contributed by atoms with Crippen LogP contribution in [0.25, 0.3) is 0 Å². The van der Waals surface area contributed by atoms with Crippen LogP contribution in [0.3, 0.4) is 0 Å². The van der Waals surface area contributed by atoms with Crippen LogP contribution in [0.15, 0.2) is 18.3 Å². The van der Waals surface area contributed by atoms with E-state index >= 15 is 0 Å². The van der Waals surface area contributed by atoms with E-state index in [4.69, 9.17) is 4.74 Å². The summed E-state index contributed by atoms with van der Waals surface area (Å²) in [5.41, 5.74) is 1.44. The zero-order valence-electron chi connectivity index (χ0n) is 11.7. The third kappa shape index (κ3) is 3.70. The minimum Gasteiger partial charge on any atom is -0.378 e. The molecule has 1 fully saturated rings. The largest absolute Gasteiger partial charge is 0.378 e. The van der Waals surface area contributed by atoms with Crippen LogP contribution in [-0.2, 0) is 10.2 Å². The van der Waals surface area contributed by atoms with E-state index in [9.17, 15) is 0 Å². The molecule has 1 N–H and O–H groups in total. The molecule has 0 bridgehead atoms. The minimum atomic E-state index is 0.170. The standard InChI is InChI=1S/C15H24N2O/c1-15(2,3)12-6-7-14(17-11-12)16-9-8-13-5-4-10-18-13/h6-7,11,13H,4-5,8-10H2,1-3H3,(H,16,17). The van der Waals surface area contributed by atoms with Crippen LogP contribution in [0.4, 0.5) is 5.82 Å². The number of hydrogen-bond acceptors (Lipinski definition) is 3. The Morgan fingerprint density at radius 1 is 1.39 bits per heavy atom. The van der Waals surface area contributed by atoms with Gasteiger partial charge in [-0.2, -0.15) is 0 Å². The highest BCUT2D eigenvalue weighted by Crippen LogP contribution is 2.22. The first-order valence-electron chi connectivity index (χ1n) is 6.88. The van der Waals surface area contributed by atoms with Gasteiger partial charge in [-0.1, -0.05) is 26.8 Å². The second-order valence-corrected chi connectivity index (χ2v) is 6.03. The van der Waals surface area contributed by atoms with Gasteiger partial charge in [-0.25, -0.2) is 4.98 Å². The lowest BCUT2D eigenvalue weighted by Crippen LogP contribution is -2.14. The summed E-state index contributed by atoms with van der Waals surface area (Å²) in [7, 11) is 0. The van der Waals surface area contributed by atoms with E-state index in [1.54, 1.807) is 0 Å². The van der Waals surface area contributed by atoms with E-state index in [2.05, 4.69) is 43.2 Å². The van der Waals surface area contributed by atoms with E-state index in [1.165, 1.54) is 18.4 Å². The van der Waals surface area contributed by atoms with E-state index in [0.717, 1.165) is 25.4 Å². The summed E-state index contributed by atoms with van der Waals surface area (Å²) < 4.78 is 5.59. The number of anilines is 1. The third-order valence-electron chi connectivity index (χ3n) is 3.43. The molecule has 18 heavy (non-hydrogen) atoms. The molecule has 0 spiro atoms. The van der Waals surface area contributed by atoms with Crippen LogP contribution in [0, 0.1) is 0 Å². The van der Waals surface area contributed by atoms with Crippen molar-refractivity contribution in [2.75, 3.05) is 18.5 Å². The molecule has 3 heteroatoms. The fraction of sp³-hybridized carbons (Fsp3) is 0.667. The number of pyridine rings is 1. The summed E-state index contributed by atoms with van der Waals surface area (Å²) in [6, 6.07) is 4.22. The van der Waals surface area contributed by atoms with E-state index in [-0.39, 0.29) is 5.41 Å². The van der Waals surface area contributed by atoms with Crippen molar-refractivity contribution in [3.8, 4) is 0 Å². The molecule has 0 aromatic carbocycles. The molecule has 0 saturated carbocycles. The molecular weight excluding hydrogens is 224 g/mol. The molecule has 1 aromatic heterocycles. The van der Waals surface area contributed by atoms with Crippen molar-refractivity contribution < 1.29 is 4.74 Å². The average molecular weight is 248 g/mol. The first-order valence-corrected chi connectivity index (χ1v) is 6.88. The number of nitrogens with one attached hydrogen (secondary N) is 1. The molecule has 2 heterocycles. The molecule has 0 amide bonds. The van der Waals surface area contributed by atoms with E-state index < -0.39 is 0 Å². The Kier molecular flexibility index (Phi) is 4.23. The van der Waals surface area contributed by atoms with E-state index in [0.29, 0.717) is 6.10 Å². The van der Waals surface area contributed by atoms with Crippen molar-refractivity contribution in [1.29, 1.82) is 0 Å². The van der Waals surface area contributed by atoms with Gasteiger partial charge in [-0.3, -0.25) is 0 Å². The zero-order chi connectivity index (χ0) is 13.0. The Hall–Kier alpha value is -1.09. The molecule has 100 valence electrons. The summed E-state index contributed by atoms with van der Waals surface area (Å²) in [6.07, 6.45) is 5.91.